The van der Waals surface area contributed by atoms with E-state index in [1.807, 2.05) is 19.3 Å². The van der Waals surface area contributed by atoms with Crippen LogP contribution < -0.4 is 5.73 Å². The van der Waals surface area contributed by atoms with Crippen molar-refractivity contribution >= 4 is 27.7 Å². The first-order chi connectivity index (χ1) is 8.11. The van der Waals surface area contributed by atoms with Crippen molar-refractivity contribution in [2.45, 2.75) is 16.3 Å². The number of benzene rings is 1. The molecule has 0 unspecified atom stereocenters. The van der Waals surface area contributed by atoms with Gasteiger partial charge >= 0.3 is 0 Å². The molecule has 1 aromatic heterocycles. The molecule has 0 amide bonds. The summed E-state index contributed by atoms with van der Waals surface area (Å²) in [5.74, 6) is -0.276. The van der Waals surface area contributed by atoms with E-state index in [0.29, 0.717) is 15.9 Å². The zero-order valence-electron chi connectivity index (χ0n) is 9.15. The van der Waals surface area contributed by atoms with Crippen LogP contribution in [-0.4, -0.2) is 9.78 Å². The van der Waals surface area contributed by atoms with E-state index in [-0.39, 0.29) is 5.82 Å². The molecule has 0 bridgehead atoms. The summed E-state index contributed by atoms with van der Waals surface area (Å²) < 4.78 is 16.1. The minimum Gasteiger partial charge on any atom is -0.326 e. The standard InChI is InChI=1S/C11H11BrFN3S/c1-16-6-8(5-15-16)17-9-3-2-7(4-14)10(12)11(9)13/h2-3,5-6H,4,14H2,1H3. The van der Waals surface area contributed by atoms with Crippen molar-refractivity contribution in [1.82, 2.24) is 9.78 Å². The summed E-state index contributed by atoms with van der Waals surface area (Å²) in [5.41, 5.74) is 6.27. The zero-order valence-corrected chi connectivity index (χ0v) is 11.6. The van der Waals surface area contributed by atoms with Gasteiger partial charge in [0, 0.05) is 24.7 Å². The van der Waals surface area contributed by atoms with Gasteiger partial charge in [0.05, 0.1) is 15.6 Å². The maximum atomic E-state index is 14.0. The van der Waals surface area contributed by atoms with Gasteiger partial charge in [0.25, 0.3) is 0 Å². The Balaban J connectivity index is 2.31. The number of hydrogen-bond acceptors (Lipinski definition) is 3. The molecule has 0 saturated carbocycles. The van der Waals surface area contributed by atoms with Gasteiger partial charge in [-0.25, -0.2) is 4.39 Å². The molecule has 0 aliphatic heterocycles. The Morgan fingerprint density at radius 3 is 2.88 bits per heavy atom. The summed E-state index contributed by atoms with van der Waals surface area (Å²) >= 11 is 4.56. The van der Waals surface area contributed by atoms with Crippen LogP contribution in [0, 0.1) is 5.82 Å². The number of nitrogens with zero attached hydrogens (tertiary/aromatic N) is 2. The van der Waals surface area contributed by atoms with E-state index >= 15 is 0 Å². The largest absolute Gasteiger partial charge is 0.326 e. The summed E-state index contributed by atoms with van der Waals surface area (Å²) in [5, 5.41) is 4.04. The quantitative estimate of drug-likeness (QED) is 0.947. The van der Waals surface area contributed by atoms with Gasteiger partial charge in [-0.05, 0) is 27.6 Å². The second-order valence-corrected chi connectivity index (χ2v) is 5.42. The number of aryl methyl sites for hydroxylation is 1. The van der Waals surface area contributed by atoms with Crippen LogP contribution >= 0.6 is 27.7 Å². The minimum absolute atomic E-state index is 0.276. The average molecular weight is 316 g/mol. The highest BCUT2D eigenvalue weighted by Gasteiger charge is 2.12. The molecule has 0 aliphatic rings. The Bertz CT molecular complexity index is 542. The normalized spacial score (nSPS) is 10.8. The summed E-state index contributed by atoms with van der Waals surface area (Å²) in [4.78, 5) is 1.46. The molecule has 0 atom stereocenters. The molecular weight excluding hydrogens is 305 g/mol. The summed E-state index contributed by atoms with van der Waals surface area (Å²) in [6, 6.07) is 3.56. The number of hydrogen-bond donors (Lipinski definition) is 1. The van der Waals surface area contributed by atoms with E-state index in [1.165, 1.54) is 11.8 Å². The minimum atomic E-state index is -0.276. The van der Waals surface area contributed by atoms with Gasteiger partial charge in [-0.15, -0.1) is 0 Å². The number of aromatic nitrogens is 2. The molecule has 3 nitrogen and oxygen atoms in total. The molecule has 17 heavy (non-hydrogen) atoms. The van der Waals surface area contributed by atoms with Gasteiger partial charge in [-0.3, -0.25) is 4.68 Å². The number of rotatable bonds is 3. The third-order valence-corrected chi connectivity index (χ3v) is 4.09. The third-order valence-electron chi connectivity index (χ3n) is 2.26. The first kappa shape index (κ1) is 12.6. The lowest BCUT2D eigenvalue weighted by Gasteiger charge is -2.06. The van der Waals surface area contributed by atoms with Crippen molar-refractivity contribution in [2.75, 3.05) is 0 Å². The van der Waals surface area contributed by atoms with Crippen LogP contribution in [0.3, 0.4) is 0 Å². The Labute approximate surface area is 111 Å². The van der Waals surface area contributed by atoms with Crippen molar-refractivity contribution in [1.29, 1.82) is 0 Å². The maximum Gasteiger partial charge on any atom is 0.151 e. The molecule has 2 N–H and O–H groups in total. The van der Waals surface area contributed by atoms with Gasteiger partial charge in [0.2, 0.25) is 0 Å². The molecule has 0 aliphatic carbocycles. The molecule has 0 radical (unpaired) electrons. The molecule has 0 saturated heterocycles. The highest BCUT2D eigenvalue weighted by atomic mass is 79.9. The third kappa shape index (κ3) is 2.70. The Morgan fingerprint density at radius 2 is 2.29 bits per heavy atom. The van der Waals surface area contributed by atoms with Crippen molar-refractivity contribution in [3.8, 4) is 0 Å². The molecule has 2 aromatic rings. The summed E-state index contributed by atoms with van der Waals surface area (Å²) in [7, 11) is 1.83. The Morgan fingerprint density at radius 1 is 1.53 bits per heavy atom. The predicted octanol–water partition coefficient (Wildman–Crippen LogP) is 2.93. The molecule has 2 rings (SSSR count). The van der Waals surface area contributed by atoms with Gasteiger partial charge in [0.15, 0.2) is 5.82 Å². The van der Waals surface area contributed by atoms with Crippen LogP contribution in [0.15, 0.2) is 38.8 Å². The summed E-state index contributed by atoms with van der Waals surface area (Å²) in [6.45, 7) is 0.315. The van der Waals surface area contributed by atoms with Crippen LogP contribution in [0.2, 0.25) is 0 Å². The van der Waals surface area contributed by atoms with Gasteiger partial charge in [0.1, 0.15) is 0 Å². The lowest BCUT2D eigenvalue weighted by atomic mass is 10.2. The van der Waals surface area contributed by atoms with Crippen LogP contribution in [0.1, 0.15) is 5.56 Å². The topological polar surface area (TPSA) is 43.8 Å². The smallest absolute Gasteiger partial charge is 0.151 e. The van der Waals surface area contributed by atoms with E-state index in [0.717, 1.165) is 10.5 Å². The first-order valence-corrected chi connectivity index (χ1v) is 6.56. The lowest BCUT2D eigenvalue weighted by Crippen LogP contribution is -1.99. The van der Waals surface area contributed by atoms with Crippen LogP contribution in [0.25, 0.3) is 0 Å². The van der Waals surface area contributed by atoms with Crippen molar-refractivity contribution in [3.05, 3.63) is 40.4 Å². The van der Waals surface area contributed by atoms with E-state index in [1.54, 1.807) is 16.9 Å². The second-order valence-electron chi connectivity index (χ2n) is 3.51. The highest BCUT2D eigenvalue weighted by Crippen LogP contribution is 2.34. The van der Waals surface area contributed by atoms with Crippen LogP contribution in [0.4, 0.5) is 4.39 Å². The fourth-order valence-corrected chi connectivity index (χ4v) is 2.91. The van der Waals surface area contributed by atoms with Gasteiger partial charge in [-0.2, -0.15) is 5.10 Å². The average Bonchev–Trinajstić information content (AvgIpc) is 2.71. The number of halogens is 2. The van der Waals surface area contributed by atoms with E-state index < -0.39 is 0 Å². The van der Waals surface area contributed by atoms with Gasteiger partial charge < -0.3 is 5.73 Å². The second kappa shape index (κ2) is 5.20. The maximum absolute atomic E-state index is 14.0. The summed E-state index contributed by atoms with van der Waals surface area (Å²) in [6.07, 6.45) is 3.55. The molecule has 1 heterocycles. The molecule has 0 fully saturated rings. The van der Waals surface area contributed by atoms with Gasteiger partial charge in [-0.1, -0.05) is 17.8 Å². The van der Waals surface area contributed by atoms with E-state index in [4.69, 9.17) is 5.73 Å². The van der Waals surface area contributed by atoms with Crippen LogP contribution in [-0.2, 0) is 13.6 Å². The zero-order chi connectivity index (χ0) is 12.4. The molecule has 1 aromatic carbocycles. The van der Waals surface area contributed by atoms with Crippen LogP contribution in [0.5, 0.6) is 0 Å². The molecule has 90 valence electrons. The Kier molecular flexibility index (Phi) is 3.86. The fourth-order valence-electron chi connectivity index (χ4n) is 1.39. The van der Waals surface area contributed by atoms with Crippen molar-refractivity contribution < 1.29 is 4.39 Å². The molecule has 0 spiro atoms. The predicted molar refractivity (Wildman–Crippen MR) is 69.3 cm³/mol. The fraction of sp³-hybridized carbons (Fsp3) is 0.182. The van der Waals surface area contributed by atoms with Crippen molar-refractivity contribution in [2.24, 2.45) is 12.8 Å². The Hall–Kier alpha value is -0.850. The van der Waals surface area contributed by atoms with Crippen molar-refractivity contribution in [3.63, 3.8) is 0 Å². The monoisotopic (exact) mass is 315 g/mol. The van der Waals surface area contributed by atoms with E-state index in [2.05, 4.69) is 21.0 Å². The number of nitrogens with two attached hydrogens (primary N) is 1. The highest BCUT2D eigenvalue weighted by molar-refractivity contribution is 9.10. The van der Waals surface area contributed by atoms with E-state index in [9.17, 15) is 4.39 Å². The first-order valence-electron chi connectivity index (χ1n) is 4.95. The lowest BCUT2D eigenvalue weighted by molar-refractivity contribution is 0.592. The molecule has 6 heteroatoms. The molecular formula is C11H11BrFN3S. The SMILES string of the molecule is Cn1cc(Sc2ccc(CN)c(Br)c2F)cn1.